The van der Waals surface area contributed by atoms with E-state index >= 15 is 0 Å². The van der Waals surface area contributed by atoms with Crippen LogP contribution in [-0.2, 0) is 23.7 Å². The Morgan fingerprint density at radius 3 is 2.89 bits per heavy atom. The standard InChI is InChI=1S/C19H28F2O6/c1-24-16(23)7-3-2-6-15-19(20,21)18-12(11-22)13(10-14(18)26-15)27-17-8-4-5-9-25-17/h6,12-14,17-18,22H,2-5,7-11H2,1H3/t12-,13-,14+,17?,18-/m1/s1. The molecule has 0 aromatic carbocycles. The second-order valence-electron chi connectivity index (χ2n) is 7.39. The van der Waals surface area contributed by atoms with E-state index in [2.05, 4.69) is 4.74 Å². The molecule has 2 heterocycles. The van der Waals surface area contributed by atoms with Crippen LogP contribution in [0.4, 0.5) is 8.78 Å². The van der Waals surface area contributed by atoms with Crippen LogP contribution in [0.1, 0.15) is 44.9 Å². The van der Waals surface area contributed by atoms with Gasteiger partial charge in [-0.05, 0) is 38.2 Å². The van der Waals surface area contributed by atoms with Crippen molar-refractivity contribution < 1.29 is 37.6 Å². The number of esters is 1. The summed E-state index contributed by atoms with van der Waals surface area (Å²) in [5.41, 5.74) is 0. The highest BCUT2D eigenvalue weighted by atomic mass is 19.3. The molecule has 2 saturated heterocycles. The molecule has 3 aliphatic rings. The number of halogens is 2. The quantitative estimate of drug-likeness (QED) is 0.532. The predicted molar refractivity (Wildman–Crippen MR) is 90.9 cm³/mol. The molecule has 5 atom stereocenters. The molecule has 2 aliphatic heterocycles. The molecule has 154 valence electrons. The first-order chi connectivity index (χ1) is 13.0. The molecule has 1 aliphatic carbocycles. The minimum atomic E-state index is -3.16. The summed E-state index contributed by atoms with van der Waals surface area (Å²) in [4.78, 5) is 11.1. The number of rotatable bonds is 7. The predicted octanol–water partition coefficient (Wildman–Crippen LogP) is 2.79. The molecule has 1 saturated carbocycles. The van der Waals surface area contributed by atoms with Gasteiger partial charge in [0.1, 0.15) is 6.10 Å². The molecule has 3 rings (SSSR count). The lowest BCUT2D eigenvalue weighted by Gasteiger charge is -2.30. The molecule has 0 aromatic rings. The van der Waals surface area contributed by atoms with Crippen LogP contribution < -0.4 is 0 Å². The molecule has 8 heteroatoms. The fourth-order valence-electron chi connectivity index (χ4n) is 4.25. The minimum Gasteiger partial charge on any atom is -0.488 e. The number of carbonyl (C=O) groups is 1. The molecule has 27 heavy (non-hydrogen) atoms. The minimum absolute atomic E-state index is 0.176. The first kappa shape index (κ1) is 20.5. The Bertz CT molecular complexity index is 546. The van der Waals surface area contributed by atoms with Crippen LogP contribution in [0.2, 0.25) is 0 Å². The van der Waals surface area contributed by atoms with Gasteiger partial charge in [0.25, 0.3) is 0 Å². The summed E-state index contributed by atoms with van der Waals surface area (Å²) in [7, 11) is 1.29. The highest BCUT2D eigenvalue weighted by molar-refractivity contribution is 5.69. The number of carbonyl (C=O) groups excluding carboxylic acids is 1. The Kier molecular flexibility index (Phi) is 6.70. The van der Waals surface area contributed by atoms with Crippen molar-refractivity contribution in [2.45, 2.75) is 69.4 Å². The Hall–Kier alpha value is -1.25. The number of fused-ring (bicyclic) bond motifs is 1. The zero-order valence-electron chi connectivity index (χ0n) is 15.6. The maximum Gasteiger partial charge on any atom is 0.310 e. The van der Waals surface area contributed by atoms with E-state index in [1.165, 1.54) is 13.2 Å². The van der Waals surface area contributed by atoms with Gasteiger partial charge in [-0.15, -0.1) is 0 Å². The molecule has 0 radical (unpaired) electrons. The third-order valence-electron chi connectivity index (χ3n) is 5.65. The molecule has 6 nitrogen and oxygen atoms in total. The Balaban J connectivity index is 1.61. The average Bonchev–Trinajstić information content (AvgIpc) is 3.13. The van der Waals surface area contributed by atoms with Crippen molar-refractivity contribution >= 4 is 5.97 Å². The van der Waals surface area contributed by atoms with E-state index in [9.17, 15) is 18.7 Å². The highest BCUT2D eigenvalue weighted by Gasteiger charge is 2.64. The van der Waals surface area contributed by atoms with Gasteiger partial charge in [0, 0.05) is 32.0 Å². The SMILES string of the molecule is COC(=O)CCCC=C1O[C@H]2C[C@@H](OC3CCCCO3)[C@@H](CO)[C@H]2C1(F)F. The molecule has 3 fully saturated rings. The zero-order chi connectivity index (χ0) is 19.4. The fourth-order valence-corrected chi connectivity index (χ4v) is 4.25. The van der Waals surface area contributed by atoms with Crippen LogP contribution in [0.3, 0.4) is 0 Å². The summed E-state index contributed by atoms with van der Waals surface area (Å²) in [5.74, 6) is -5.68. The van der Waals surface area contributed by atoms with Crippen LogP contribution in [0.5, 0.6) is 0 Å². The van der Waals surface area contributed by atoms with Crippen molar-refractivity contribution in [2.24, 2.45) is 11.8 Å². The van der Waals surface area contributed by atoms with Crippen molar-refractivity contribution in [3.63, 3.8) is 0 Å². The molecular weight excluding hydrogens is 362 g/mol. The Morgan fingerprint density at radius 2 is 2.22 bits per heavy atom. The van der Waals surface area contributed by atoms with Gasteiger partial charge in [0.05, 0.1) is 19.1 Å². The molecule has 0 amide bonds. The van der Waals surface area contributed by atoms with Gasteiger partial charge in [-0.25, -0.2) is 0 Å². The lowest BCUT2D eigenvalue weighted by atomic mass is 9.89. The summed E-state index contributed by atoms with van der Waals surface area (Å²) in [6.07, 6.45) is 3.70. The van der Waals surface area contributed by atoms with Crippen LogP contribution in [0, 0.1) is 11.8 Å². The molecule has 0 spiro atoms. The van der Waals surface area contributed by atoms with E-state index < -0.39 is 36.3 Å². The van der Waals surface area contributed by atoms with Crippen molar-refractivity contribution in [3.05, 3.63) is 11.8 Å². The number of allylic oxidation sites excluding steroid dienone is 2. The van der Waals surface area contributed by atoms with E-state index in [0.717, 1.165) is 19.3 Å². The topological polar surface area (TPSA) is 74.2 Å². The first-order valence-electron chi connectivity index (χ1n) is 9.67. The van der Waals surface area contributed by atoms with Gasteiger partial charge in [0.2, 0.25) is 0 Å². The summed E-state index contributed by atoms with van der Waals surface area (Å²) in [6.45, 7) is 0.228. The Morgan fingerprint density at radius 1 is 1.41 bits per heavy atom. The number of hydrogen-bond acceptors (Lipinski definition) is 6. The number of aliphatic hydroxyl groups is 1. The summed E-state index contributed by atoms with van der Waals surface area (Å²) < 4.78 is 51.4. The molecule has 1 unspecified atom stereocenters. The van der Waals surface area contributed by atoms with E-state index in [1.54, 1.807) is 0 Å². The van der Waals surface area contributed by atoms with Crippen LogP contribution in [0.15, 0.2) is 11.8 Å². The van der Waals surface area contributed by atoms with E-state index in [4.69, 9.17) is 14.2 Å². The first-order valence-corrected chi connectivity index (χ1v) is 9.67. The van der Waals surface area contributed by atoms with Gasteiger partial charge in [-0.1, -0.05) is 0 Å². The number of unbranched alkanes of at least 4 members (excludes halogenated alkanes) is 1. The van der Waals surface area contributed by atoms with Crippen LogP contribution >= 0.6 is 0 Å². The number of hydrogen-bond donors (Lipinski definition) is 1. The van der Waals surface area contributed by atoms with E-state index in [1.807, 2.05) is 0 Å². The monoisotopic (exact) mass is 390 g/mol. The van der Waals surface area contributed by atoms with E-state index in [0.29, 0.717) is 25.9 Å². The molecule has 0 bridgehead atoms. The third-order valence-corrected chi connectivity index (χ3v) is 5.65. The molecule has 1 N–H and O–H groups in total. The van der Waals surface area contributed by atoms with Crippen molar-refractivity contribution in [2.75, 3.05) is 20.3 Å². The summed E-state index contributed by atoms with van der Waals surface area (Å²) in [5, 5.41) is 9.75. The van der Waals surface area contributed by atoms with Crippen molar-refractivity contribution in [1.29, 1.82) is 0 Å². The van der Waals surface area contributed by atoms with Gasteiger partial charge in [-0.3, -0.25) is 4.79 Å². The summed E-state index contributed by atoms with van der Waals surface area (Å²) >= 11 is 0. The highest BCUT2D eigenvalue weighted by Crippen LogP contribution is 2.54. The number of aliphatic hydroxyl groups excluding tert-OH is 1. The van der Waals surface area contributed by atoms with E-state index in [-0.39, 0.29) is 24.8 Å². The smallest absolute Gasteiger partial charge is 0.310 e. The van der Waals surface area contributed by atoms with Gasteiger partial charge in [0.15, 0.2) is 12.0 Å². The largest absolute Gasteiger partial charge is 0.488 e. The normalized spacial score (nSPS) is 36.4. The van der Waals surface area contributed by atoms with Crippen molar-refractivity contribution in [1.82, 2.24) is 0 Å². The maximum atomic E-state index is 14.9. The maximum absolute atomic E-state index is 14.9. The van der Waals surface area contributed by atoms with Crippen LogP contribution in [-0.4, -0.2) is 55.8 Å². The molecular formula is C19H28F2O6. The average molecular weight is 390 g/mol. The summed E-state index contributed by atoms with van der Waals surface area (Å²) in [6, 6.07) is 0. The molecule has 0 aromatic heterocycles. The van der Waals surface area contributed by atoms with Gasteiger partial charge in [-0.2, -0.15) is 8.78 Å². The van der Waals surface area contributed by atoms with Crippen LogP contribution in [0.25, 0.3) is 0 Å². The van der Waals surface area contributed by atoms with Gasteiger partial charge < -0.3 is 24.1 Å². The lowest BCUT2D eigenvalue weighted by molar-refractivity contribution is -0.202. The van der Waals surface area contributed by atoms with Crippen molar-refractivity contribution in [3.8, 4) is 0 Å². The number of alkyl halides is 2. The second-order valence-corrected chi connectivity index (χ2v) is 7.39. The zero-order valence-corrected chi connectivity index (χ0v) is 15.6. The second kappa shape index (κ2) is 8.84. The lowest BCUT2D eigenvalue weighted by Crippen LogP contribution is -2.38. The third kappa shape index (κ3) is 4.43. The number of ether oxygens (including phenoxy) is 4. The number of methoxy groups -OCH3 is 1. The Labute approximate surface area is 157 Å². The fraction of sp³-hybridized carbons (Fsp3) is 0.842. The van der Waals surface area contributed by atoms with Gasteiger partial charge >= 0.3 is 11.9 Å².